The average molecular weight is 439 g/mol. The predicted molar refractivity (Wildman–Crippen MR) is 125 cm³/mol. The Kier molecular flexibility index (Phi) is 7.98. The summed E-state index contributed by atoms with van der Waals surface area (Å²) in [6.45, 7) is 1.71. The molecule has 0 aliphatic carbocycles. The molecule has 6 nitrogen and oxygen atoms in total. The van der Waals surface area contributed by atoms with E-state index in [1.54, 1.807) is 19.1 Å². The van der Waals surface area contributed by atoms with Crippen LogP contribution in [0.15, 0.2) is 59.4 Å². The van der Waals surface area contributed by atoms with Crippen LogP contribution in [0.3, 0.4) is 0 Å². The zero-order valence-corrected chi connectivity index (χ0v) is 18.2. The molecule has 0 bridgehead atoms. The summed E-state index contributed by atoms with van der Waals surface area (Å²) in [7, 11) is 0. The van der Waals surface area contributed by atoms with Crippen LogP contribution in [0.5, 0.6) is 0 Å². The third kappa shape index (κ3) is 6.51. The highest BCUT2D eigenvalue weighted by atomic mass is 35.5. The van der Waals surface area contributed by atoms with Gasteiger partial charge in [0.25, 0.3) is 5.56 Å². The molecule has 2 aromatic carbocycles. The van der Waals surface area contributed by atoms with E-state index in [0.29, 0.717) is 29.5 Å². The molecule has 0 amide bonds. The number of aliphatic hydroxyl groups excluding tert-OH is 1. The second-order valence-electron chi connectivity index (χ2n) is 7.59. The van der Waals surface area contributed by atoms with Gasteiger partial charge >= 0.3 is 0 Å². The van der Waals surface area contributed by atoms with E-state index in [2.05, 4.69) is 27.4 Å². The molecule has 0 radical (unpaired) electrons. The van der Waals surface area contributed by atoms with Crippen molar-refractivity contribution in [3.63, 3.8) is 0 Å². The molecule has 0 fully saturated rings. The normalized spacial score (nSPS) is 12.9. The molecular weight excluding hydrogens is 412 g/mol. The zero-order valence-electron chi connectivity index (χ0n) is 17.4. The Labute approximate surface area is 186 Å². The lowest BCUT2D eigenvalue weighted by Crippen LogP contribution is -2.34. The average Bonchev–Trinajstić information content (AvgIpc) is 2.75. The quantitative estimate of drug-likeness (QED) is 0.356. The van der Waals surface area contributed by atoms with Crippen LogP contribution in [0.1, 0.15) is 42.3 Å². The lowest BCUT2D eigenvalue weighted by molar-refractivity contribution is 0.166. The van der Waals surface area contributed by atoms with E-state index >= 15 is 0 Å². The number of aromatic nitrogens is 2. The number of hydrogen-bond donors (Lipinski definition) is 4. The van der Waals surface area contributed by atoms with Crippen molar-refractivity contribution in [2.24, 2.45) is 0 Å². The van der Waals surface area contributed by atoms with Gasteiger partial charge in [0.05, 0.1) is 17.7 Å². The van der Waals surface area contributed by atoms with Crippen LogP contribution in [0, 0.1) is 5.41 Å². The molecule has 2 unspecified atom stereocenters. The lowest BCUT2D eigenvalue weighted by Gasteiger charge is -2.23. The molecule has 0 spiro atoms. The number of hydrogen-bond acceptors (Lipinski definition) is 5. The molecule has 4 N–H and O–H groups in total. The number of nitrogens with zero attached hydrogens (tertiary/aromatic N) is 1. The summed E-state index contributed by atoms with van der Waals surface area (Å²) < 4.78 is 0. The van der Waals surface area contributed by atoms with Crippen molar-refractivity contribution in [1.82, 2.24) is 9.97 Å². The molecule has 3 rings (SSSR count). The fourth-order valence-corrected chi connectivity index (χ4v) is 3.56. The van der Waals surface area contributed by atoms with Crippen LogP contribution in [-0.2, 0) is 12.8 Å². The van der Waals surface area contributed by atoms with E-state index in [4.69, 9.17) is 17.0 Å². The van der Waals surface area contributed by atoms with Gasteiger partial charge in [-0.25, -0.2) is 4.98 Å². The van der Waals surface area contributed by atoms with Crippen molar-refractivity contribution in [3.05, 3.63) is 92.5 Å². The number of benzene rings is 2. The second-order valence-corrected chi connectivity index (χ2v) is 8.03. The van der Waals surface area contributed by atoms with Gasteiger partial charge in [-0.2, -0.15) is 0 Å². The summed E-state index contributed by atoms with van der Waals surface area (Å²) in [6, 6.07) is 17.2. The van der Waals surface area contributed by atoms with Crippen molar-refractivity contribution in [2.75, 3.05) is 5.32 Å². The number of aliphatic hydroxyl groups is 1. The van der Waals surface area contributed by atoms with Gasteiger partial charge in [0.2, 0.25) is 0 Å². The third-order valence-electron chi connectivity index (χ3n) is 5.16. The standard InChI is InChI=1S/C24H27ClN4O2/c1-16(30)21(9-5-8-17-6-3-2-4-7-17)27-23-20(15-26)24(31)29-22(28-23)14-18-10-12-19(25)13-11-18/h2-4,6-7,10-13,15-16,21,26,30H,5,8-9,14H2,1H3,(H2,27,28,29,31). The number of rotatable bonds is 10. The van der Waals surface area contributed by atoms with Crippen LogP contribution in [-0.4, -0.2) is 33.4 Å². The van der Waals surface area contributed by atoms with Crippen molar-refractivity contribution < 1.29 is 5.11 Å². The summed E-state index contributed by atoms with van der Waals surface area (Å²) in [6.07, 6.45) is 3.23. The Bertz CT molecular complexity index is 1050. The Hall–Kier alpha value is -2.96. The first-order valence-electron chi connectivity index (χ1n) is 10.3. The molecule has 7 heteroatoms. The van der Waals surface area contributed by atoms with E-state index in [-0.39, 0.29) is 17.2 Å². The minimum absolute atomic E-state index is 0.147. The minimum atomic E-state index is -0.643. The van der Waals surface area contributed by atoms with Crippen LogP contribution in [0.25, 0.3) is 0 Å². The number of H-pyrrole nitrogens is 1. The van der Waals surface area contributed by atoms with Gasteiger partial charge in [-0.15, -0.1) is 0 Å². The van der Waals surface area contributed by atoms with Gasteiger partial charge in [0.1, 0.15) is 11.6 Å². The summed E-state index contributed by atoms with van der Waals surface area (Å²) in [4.78, 5) is 19.8. The first-order valence-corrected chi connectivity index (χ1v) is 10.7. The molecule has 2 atom stereocenters. The van der Waals surface area contributed by atoms with E-state index < -0.39 is 6.10 Å². The lowest BCUT2D eigenvalue weighted by atomic mass is 10.0. The van der Waals surface area contributed by atoms with E-state index in [1.807, 2.05) is 30.3 Å². The van der Waals surface area contributed by atoms with E-state index in [1.165, 1.54) is 5.56 Å². The summed E-state index contributed by atoms with van der Waals surface area (Å²) in [5.41, 5.74) is 1.96. The number of nitrogens with one attached hydrogen (secondary N) is 3. The molecule has 1 aromatic heterocycles. The van der Waals surface area contributed by atoms with Gasteiger partial charge in [-0.3, -0.25) is 4.79 Å². The first-order chi connectivity index (χ1) is 15.0. The molecule has 31 heavy (non-hydrogen) atoms. The Morgan fingerprint density at radius 2 is 1.87 bits per heavy atom. The van der Waals surface area contributed by atoms with E-state index in [0.717, 1.165) is 24.6 Å². The highest BCUT2D eigenvalue weighted by Crippen LogP contribution is 2.17. The number of aromatic amines is 1. The third-order valence-corrected chi connectivity index (χ3v) is 5.41. The zero-order chi connectivity index (χ0) is 22.2. The summed E-state index contributed by atoms with van der Waals surface area (Å²) in [5.74, 6) is 0.794. The van der Waals surface area contributed by atoms with Gasteiger partial charge < -0.3 is 20.8 Å². The maximum absolute atomic E-state index is 12.5. The second kappa shape index (κ2) is 10.9. The van der Waals surface area contributed by atoms with Crippen molar-refractivity contribution >= 4 is 23.6 Å². The Morgan fingerprint density at radius 3 is 2.52 bits per heavy atom. The molecule has 0 aliphatic heterocycles. The monoisotopic (exact) mass is 438 g/mol. The Balaban J connectivity index is 1.76. The highest BCUT2D eigenvalue weighted by molar-refractivity contribution is 6.30. The summed E-state index contributed by atoms with van der Waals surface area (Å²) in [5, 5.41) is 21.8. The smallest absolute Gasteiger partial charge is 0.261 e. The molecule has 0 aliphatic rings. The molecule has 162 valence electrons. The van der Waals surface area contributed by atoms with Gasteiger partial charge in [-0.05, 0) is 49.4 Å². The van der Waals surface area contributed by atoms with Gasteiger partial charge in [-0.1, -0.05) is 54.1 Å². The SMILES string of the molecule is CC(O)C(CCCc1ccccc1)Nc1nc(Cc2ccc(Cl)cc2)[nH]c(=O)c1C=N. The molecular formula is C24H27ClN4O2. The fraction of sp³-hybridized carbons (Fsp3) is 0.292. The van der Waals surface area contributed by atoms with Crippen LogP contribution < -0.4 is 10.9 Å². The fourth-order valence-electron chi connectivity index (χ4n) is 3.43. The largest absolute Gasteiger partial charge is 0.391 e. The van der Waals surface area contributed by atoms with Crippen molar-refractivity contribution in [3.8, 4) is 0 Å². The highest BCUT2D eigenvalue weighted by Gasteiger charge is 2.19. The predicted octanol–water partition coefficient (Wildman–Crippen LogP) is 4.20. The molecule has 3 aromatic rings. The van der Waals surface area contributed by atoms with Crippen LogP contribution in [0.4, 0.5) is 5.82 Å². The van der Waals surface area contributed by atoms with Crippen molar-refractivity contribution in [2.45, 2.75) is 44.8 Å². The van der Waals surface area contributed by atoms with E-state index in [9.17, 15) is 9.90 Å². The maximum atomic E-state index is 12.5. The molecule has 1 heterocycles. The number of aryl methyl sites for hydroxylation is 1. The maximum Gasteiger partial charge on any atom is 0.261 e. The van der Waals surface area contributed by atoms with Gasteiger partial charge in [0, 0.05) is 17.7 Å². The topological polar surface area (TPSA) is 102 Å². The minimum Gasteiger partial charge on any atom is -0.391 e. The van der Waals surface area contributed by atoms with Gasteiger partial charge in [0.15, 0.2) is 0 Å². The van der Waals surface area contributed by atoms with Crippen molar-refractivity contribution in [1.29, 1.82) is 5.41 Å². The number of halogens is 1. The molecule has 0 saturated carbocycles. The summed E-state index contributed by atoms with van der Waals surface area (Å²) >= 11 is 5.94. The number of anilines is 1. The van der Waals surface area contributed by atoms with Crippen LogP contribution in [0.2, 0.25) is 5.02 Å². The van der Waals surface area contributed by atoms with Crippen LogP contribution >= 0.6 is 11.6 Å². The Morgan fingerprint density at radius 1 is 1.16 bits per heavy atom. The first kappa shape index (κ1) is 22.7. The molecule has 0 saturated heterocycles.